The van der Waals surface area contributed by atoms with Gasteiger partial charge in [0.1, 0.15) is 17.3 Å². The van der Waals surface area contributed by atoms with E-state index in [0.717, 1.165) is 5.75 Å². The molecule has 0 unspecified atom stereocenters. The molecule has 0 aliphatic carbocycles. The van der Waals surface area contributed by atoms with E-state index in [1.807, 2.05) is 6.92 Å². The monoisotopic (exact) mass is 325 g/mol. The zero-order valence-corrected chi connectivity index (χ0v) is 11.9. The molecule has 100 valence electrons. The van der Waals surface area contributed by atoms with Crippen molar-refractivity contribution >= 4 is 21.6 Å². The van der Waals surface area contributed by atoms with Crippen LogP contribution in [0.2, 0.25) is 0 Å². The molecule has 0 radical (unpaired) electrons. The fourth-order valence-corrected chi connectivity index (χ4v) is 1.85. The van der Waals surface area contributed by atoms with Crippen molar-refractivity contribution in [2.45, 2.75) is 6.92 Å². The maximum Gasteiger partial charge on any atom is 0.151 e. The van der Waals surface area contributed by atoms with Crippen LogP contribution in [-0.2, 0) is 0 Å². The molecule has 0 aromatic heterocycles. The van der Waals surface area contributed by atoms with Crippen LogP contribution in [0.5, 0.6) is 17.2 Å². The summed E-state index contributed by atoms with van der Waals surface area (Å²) in [7, 11) is 0. The number of anilines is 1. The lowest BCUT2D eigenvalue weighted by Crippen LogP contribution is -1.94. The van der Waals surface area contributed by atoms with Crippen LogP contribution in [0.3, 0.4) is 0 Å². The third-order valence-electron chi connectivity index (χ3n) is 2.42. The minimum atomic E-state index is -0.420. The zero-order valence-electron chi connectivity index (χ0n) is 10.3. The summed E-state index contributed by atoms with van der Waals surface area (Å²) in [6.45, 7) is 2.53. The largest absolute Gasteiger partial charge is 0.494 e. The molecule has 2 aromatic rings. The average molecular weight is 326 g/mol. The van der Waals surface area contributed by atoms with Gasteiger partial charge in [0.15, 0.2) is 5.75 Å². The average Bonchev–Trinajstić information content (AvgIpc) is 2.38. The van der Waals surface area contributed by atoms with E-state index >= 15 is 0 Å². The molecular weight excluding hydrogens is 313 g/mol. The van der Waals surface area contributed by atoms with Crippen LogP contribution >= 0.6 is 15.9 Å². The van der Waals surface area contributed by atoms with Gasteiger partial charge in [-0.2, -0.15) is 0 Å². The van der Waals surface area contributed by atoms with Crippen molar-refractivity contribution in [1.29, 1.82) is 0 Å². The number of nitrogen functional groups attached to an aromatic ring is 1. The van der Waals surface area contributed by atoms with Gasteiger partial charge < -0.3 is 15.2 Å². The minimum Gasteiger partial charge on any atom is -0.494 e. The molecule has 0 aliphatic rings. The highest BCUT2D eigenvalue weighted by molar-refractivity contribution is 9.10. The maximum atomic E-state index is 13.2. The van der Waals surface area contributed by atoms with Crippen molar-refractivity contribution in [1.82, 2.24) is 0 Å². The Balaban J connectivity index is 2.19. The van der Waals surface area contributed by atoms with Crippen LogP contribution in [0.15, 0.2) is 40.9 Å². The van der Waals surface area contributed by atoms with Gasteiger partial charge in [-0.1, -0.05) is 0 Å². The lowest BCUT2D eigenvalue weighted by Gasteiger charge is -2.10. The first-order valence-electron chi connectivity index (χ1n) is 5.75. The van der Waals surface area contributed by atoms with Gasteiger partial charge in [0.2, 0.25) is 0 Å². The predicted octanol–water partition coefficient (Wildman–Crippen LogP) is 4.36. The molecule has 0 bridgehead atoms. The smallest absolute Gasteiger partial charge is 0.151 e. The second-order valence-corrected chi connectivity index (χ2v) is 4.66. The normalized spacial score (nSPS) is 10.3. The minimum absolute atomic E-state index is 0.245. The van der Waals surface area contributed by atoms with Gasteiger partial charge in [-0.15, -0.1) is 0 Å². The first kappa shape index (κ1) is 13.7. The Bertz CT molecular complexity index is 572. The Morgan fingerprint density at radius 2 is 1.79 bits per heavy atom. The van der Waals surface area contributed by atoms with Crippen molar-refractivity contribution in [3.05, 3.63) is 46.7 Å². The second-order valence-electron chi connectivity index (χ2n) is 3.81. The van der Waals surface area contributed by atoms with E-state index in [9.17, 15) is 4.39 Å². The molecule has 5 heteroatoms. The van der Waals surface area contributed by atoms with E-state index in [-0.39, 0.29) is 5.69 Å². The Labute approximate surface area is 119 Å². The van der Waals surface area contributed by atoms with Crippen molar-refractivity contribution in [3.8, 4) is 17.2 Å². The molecule has 2 aromatic carbocycles. The fraction of sp³-hybridized carbons (Fsp3) is 0.143. The summed E-state index contributed by atoms with van der Waals surface area (Å²) in [5, 5.41) is 0. The Morgan fingerprint density at radius 3 is 2.42 bits per heavy atom. The van der Waals surface area contributed by atoms with Crippen LogP contribution in [-0.4, -0.2) is 6.61 Å². The SMILES string of the molecule is CCOc1ccc(Oc2cc(Br)c(F)cc2N)cc1. The molecule has 19 heavy (non-hydrogen) atoms. The molecule has 2 N–H and O–H groups in total. The van der Waals surface area contributed by atoms with Crippen molar-refractivity contribution < 1.29 is 13.9 Å². The van der Waals surface area contributed by atoms with Gasteiger partial charge in [-0.25, -0.2) is 4.39 Å². The predicted molar refractivity (Wildman–Crippen MR) is 76.2 cm³/mol. The molecule has 0 fully saturated rings. The Hall–Kier alpha value is -1.75. The lowest BCUT2D eigenvalue weighted by atomic mass is 10.3. The molecule has 2 rings (SSSR count). The molecule has 0 amide bonds. The summed E-state index contributed by atoms with van der Waals surface area (Å²) in [6, 6.07) is 9.85. The summed E-state index contributed by atoms with van der Waals surface area (Å²) >= 11 is 3.10. The maximum absolute atomic E-state index is 13.2. The third kappa shape index (κ3) is 3.38. The van der Waals surface area contributed by atoms with Crippen molar-refractivity contribution in [3.63, 3.8) is 0 Å². The summed E-state index contributed by atoms with van der Waals surface area (Å²) in [5.41, 5.74) is 5.95. The second kappa shape index (κ2) is 5.93. The lowest BCUT2D eigenvalue weighted by molar-refractivity contribution is 0.339. The third-order valence-corrected chi connectivity index (χ3v) is 3.02. The highest BCUT2D eigenvalue weighted by Gasteiger charge is 2.08. The van der Waals surface area contributed by atoms with E-state index in [1.165, 1.54) is 12.1 Å². The number of hydrogen-bond acceptors (Lipinski definition) is 3. The van der Waals surface area contributed by atoms with Gasteiger partial charge in [0.05, 0.1) is 16.8 Å². The number of rotatable bonds is 4. The topological polar surface area (TPSA) is 44.5 Å². The summed E-state index contributed by atoms with van der Waals surface area (Å²) in [5.74, 6) is 1.35. The van der Waals surface area contributed by atoms with Gasteiger partial charge in [-0.3, -0.25) is 0 Å². The first-order chi connectivity index (χ1) is 9.10. The molecule has 3 nitrogen and oxygen atoms in total. The van der Waals surface area contributed by atoms with Crippen LogP contribution in [0.25, 0.3) is 0 Å². The van der Waals surface area contributed by atoms with Crippen LogP contribution in [0.4, 0.5) is 10.1 Å². The van der Waals surface area contributed by atoms with E-state index in [1.54, 1.807) is 24.3 Å². The molecular formula is C14H13BrFNO2. The zero-order chi connectivity index (χ0) is 13.8. The number of halogens is 2. The molecule has 0 atom stereocenters. The highest BCUT2D eigenvalue weighted by Crippen LogP contribution is 2.32. The van der Waals surface area contributed by atoms with Crippen molar-refractivity contribution in [2.24, 2.45) is 0 Å². The highest BCUT2D eigenvalue weighted by atomic mass is 79.9. The number of nitrogens with two attached hydrogens (primary N) is 1. The Morgan fingerprint density at radius 1 is 1.16 bits per heavy atom. The molecule has 0 aliphatic heterocycles. The number of ether oxygens (including phenoxy) is 2. The van der Waals surface area contributed by atoms with Crippen LogP contribution < -0.4 is 15.2 Å². The Kier molecular flexibility index (Phi) is 4.27. The summed E-state index contributed by atoms with van der Waals surface area (Å²) < 4.78 is 24.5. The molecule has 0 saturated heterocycles. The first-order valence-corrected chi connectivity index (χ1v) is 6.54. The van der Waals surface area contributed by atoms with Crippen LogP contribution in [0.1, 0.15) is 6.92 Å². The van der Waals surface area contributed by atoms with Crippen molar-refractivity contribution in [2.75, 3.05) is 12.3 Å². The number of benzene rings is 2. The van der Waals surface area contributed by atoms with E-state index in [4.69, 9.17) is 15.2 Å². The van der Waals surface area contributed by atoms with Gasteiger partial charge in [0.25, 0.3) is 0 Å². The summed E-state index contributed by atoms with van der Waals surface area (Å²) in [6.07, 6.45) is 0. The quantitative estimate of drug-likeness (QED) is 0.849. The van der Waals surface area contributed by atoms with E-state index in [2.05, 4.69) is 15.9 Å². The van der Waals surface area contributed by atoms with Gasteiger partial charge >= 0.3 is 0 Å². The molecule has 0 spiro atoms. The standard InChI is InChI=1S/C14H13BrFNO2/c1-2-18-9-3-5-10(6-4-9)19-14-7-11(15)12(16)8-13(14)17/h3-8H,2,17H2,1H3. The van der Waals surface area contributed by atoms with E-state index in [0.29, 0.717) is 22.6 Å². The number of hydrogen-bond donors (Lipinski definition) is 1. The molecule has 0 heterocycles. The summed E-state index contributed by atoms with van der Waals surface area (Å²) in [4.78, 5) is 0. The van der Waals surface area contributed by atoms with Gasteiger partial charge in [-0.05, 0) is 47.1 Å². The van der Waals surface area contributed by atoms with E-state index < -0.39 is 5.82 Å². The molecule has 0 saturated carbocycles. The van der Waals surface area contributed by atoms with Crippen LogP contribution in [0, 0.1) is 5.82 Å². The van der Waals surface area contributed by atoms with Gasteiger partial charge in [0, 0.05) is 12.1 Å². The fourth-order valence-electron chi connectivity index (χ4n) is 1.53.